The van der Waals surface area contributed by atoms with Crippen LogP contribution in [0.4, 0.5) is 13.2 Å². The first kappa shape index (κ1) is 22.7. The molecular formula is C23H27F3N4O. The topological polar surface area (TPSA) is 56.7 Å². The van der Waals surface area contributed by atoms with Gasteiger partial charge in [-0.15, -0.1) is 0 Å². The zero-order chi connectivity index (χ0) is 22.3. The summed E-state index contributed by atoms with van der Waals surface area (Å²) in [6, 6.07) is 13.1. The molecule has 0 unspecified atom stereocenters. The quantitative estimate of drug-likeness (QED) is 0.394. The minimum absolute atomic E-state index is 0.129. The molecule has 2 aromatic carbocycles. The molecule has 2 N–H and O–H groups in total. The van der Waals surface area contributed by atoms with Crippen LogP contribution in [0.3, 0.4) is 0 Å². The van der Waals surface area contributed by atoms with Gasteiger partial charge in [0, 0.05) is 32.6 Å². The van der Waals surface area contributed by atoms with Crippen LogP contribution in [0, 0.1) is 0 Å². The van der Waals surface area contributed by atoms with E-state index in [0.717, 1.165) is 12.1 Å². The third-order valence-corrected chi connectivity index (χ3v) is 5.10. The number of carbonyl (C=O) groups excluding carboxylic acids is 1. The lowest BCUT2D eigenvalue weighted by Crippen LogP contribution is -2.38. The van der Waals surface area contributed by atoms with Crippen molar-refractivity contribution in [1.82, 2.24) is 15.5 Å². The Kier molecular flexibility index (Phi) is 7.55. The van der Waals surface area contributed by atoms with Crippen LogP contribution in [0.2, 0.25) is 0 Å². The largest absolute Gasteiger partial charge is 0.416 e. The third kappa shape index (κ3) is 6.47. The standard InChI is InChI=1S/C23H27F3N4O/c1-2-27-22(29-14-17-9-11-20(12-10-17)23(24,25)26)28-13-5-8-21(31)30-15-18-6-3-4-7-19(18)16-30/h3-4,6-7,9-12H,2,5,8,13-16H2,1H3,(H2,27,28,29). The normalized spacial score (nSPS) is 13.8. The molecule has 1 heterocycles. The van der Waals surface area contributed by atoms with Crippen LogP contribution in [-0.4, -0.2) is 29.9 Å². The number of amides is 1. The number of fused-ring (bicyclic) bond motifs is 1. The molecule has 1 amide bonds. The van der Waals surface area contributed by atoms with Gasteiger partial charge in [-0.25, -0.2) is 4.99 Å². The van der Waals surface area contributed by atoms with E-state index >= 15 is 0 Å². The van der Waals surface area contributed by atoms with Gasteiger partial charge in [0.1, 0.15) is 0 Å². The van der Waals surface area contributed by atoms with Crippen LogP contribution in [0.1, 0.15) is 42.0 Å². The van der Waals surface area contributed by atoms with Crippen molar-refractivity contribution < 1.29 is 18.0 Å². The fourth-order valence-electron chi connectivity index (χ4n) is 3.43. The van der Waals surface area contributed by atoms with E-state index in [0.29, 0.717) is 50.5 Å². The Morgan fingerprint density at radius 3 is 2.26 bits per heavy atom. The van der Waals surface area contributed by atoms with E-state index < -0.39 is 11.7 Å². The Morgan fingerprint density at radius 2 is 1.68 bits per heavy atom. The fraction of sp³-hybridized carbons (Fsp3) is 0.391. The van der Waals surface area contributed by atoms with Gasteiger partial charge in [-0.2, -0.15) is 13.2 Å². The summed E-state index contributed by atoms with van der Waals surface area (Å²) in [4.78, 5) is 18.7. The number of nitrogens with zero attached hydrogens (tertiary/aromatic N) is 2. The molecule has 0 radical (unpaired) electrons. The van der Waals surface area contributed by atoms with Gasteiger partial charge in [-0.3, -0.25) is 4.79 Å². The summed E-state index contributed by atoms with van der Waals surface area (Å²) in [6.07, 6.45) is -3.23. The maximum absolute atomic E-state index is 12.7. The molecule has 2 aromatic rings. The molecule has 3 rings (SSSR count). The molecular weight excluding hydrogens is 405 g/mol. The van der Waals surface area contributed by atoms with Gasteiger partial charge >= 0.3 is 6.18 Å². The van der Waals surface area contributed by atoms with Crippen molar-refractivity contribution in [3.63, 3.8) is 0 Å². The average Bonchev–Trinajstić information content (AvgIpc) is 3.19. The highest BCUT2D eigenvalue weighted by Gasteiger charge is 2.29. The monoisotopic (exact) mass is 432 g/mol. The van der Waals surface area contributed by atoms with Crippen molar-refractivity contribution in [3.05, 3.63) is 70.8 Å². The Balaban J connectivity index is 1.43. The van der Waals surface area contributed by atoms with E-state index in [1.54, 1.807) is 0 Å². The first-order valence-corrected chi connectivity index (χ1v) is 10.4. The molecule has 0 saturated heterocycles. The van der Waals surface area contributed by atoms with Crippen molar-refractivity contribution >= 4 is 11.9 Å². The zero-order valence-corrected chi connectivity index (χ0v) is 17.5. The number of rotatable bonds is 7. The van der Waals surface area contributed by atoms with Crippen LogP contribution >= 0.6 is 0 Å². The first-order valence-electron chi connectivity index (χ1n) is 10.4. The van der Waals surface area contributed by atoms with Gasteiger partial charge in [-0.1, -0.05) is 36.4 Å². The molecule has 0 saturated carbocycles. The summed E-state index contributed by atoms with van der Waals surface area (Å²) in [6.45, 7) is 4.76. The molecule has 1 aliphatic heterocycles. The Labute approximate surface area is 180 Å². The second kappa shape index (κ2) is 10.3. The van der Waals surface area contributed by atoms with Crippen LogP contribution in [-0.2, 0) is 30.6 Å². The summed E-state index contributed by atoms with van der Waals surface area (Å²) in [5, 5.41) is 6.28. The Morgan fingerprint density at radius 1 is 1.03 bits per heavy atom. The fourth-order valence-corrected chi connectivity index (χ4v) is 3.43. The number of aliphatic imine (C=N–C) groups is 1. The van der Waals surface area contributed by atoms with Gasteiger partial charge < -0.3 is 15.5 Å². The highest BCUT2D eigenvalue weighted by Crippen LogP contribution is 2.29. The summed E-state index contributed by atoms with van der Waals surface area (Å²) in [7, 11) is 0. The second-order valence-electron chi connectivity index (χ2n) is 7.44. The lowest BCUT2D eigenvalue weighted by Gasteiger charge is -2.16. The smallest absolute Gasteiger partial charge is 0.357 e. The molecule has 1 aliphatic rings. The maximum atomic E-state index is 12.7. The predicted octanol–water partition coefficient (Wildman–Crippen LogP) is 4.08. The van der Waals surface area contributed by atoms with Crippen molar-refractivity contribution in [2.45, 2.75) is 45.6 Å². The molecule has 0 aliphatic carbocycles. The van der Waals surface area contributed by atoms with E-state index in [9.17, 15) is 18.0 Å². The number of guanidine groups is 1. The molecule has 0 bridgehead atoms. The van der Waals surface area contributed by atoms with Crippen molar-refractivity contribution in [3.8, 4) is 0 Å². The minimum atomic E-state index is -4.34. The number of hydrogen-bond acceptors (Lipinski definition) is 2. The summed E-state index contributed by atoms with van der Waals surface area (Å²) in [5.74, 6) is 0.702. The van der Waals surface area contributed by atoms with Crippen LogP contribution in [0.15, 0.2) is 53.5 Å². The maximum Gasteiger partial charge on any atom is 0.416 e. The van der Waals surface area contributed by atoms with E-state index in [2.05, 4.69) is 27.8 Å². The van der Waals surface area contributed by atoms with E-state index in [1.165, 1.54) is 23.3 Å². The summed E-state index contributed by atoms with van der Waals surface area (Å²) in [5.41, 5.74) is 2.43. The van der Waals surface area contributed by atoms with E-state index in [4.69, 9.17) is 0 Å². The van der Waals surface area contributed by atoms with E-state index in [1.807, 2.05) is 24.0 Å². The van der Waals surface area contributed by atoms with Gasteiger partial charge in [0.15, 0.2) is 5.96 Å². The SMILES string of the molecule is CCNC(=NCc1ccc(C(F)(F)F)cc1)NCCCC(=O)N1Cc2ccccc2C1. The van der Waals surface area contributed by atoms with Crippen LogP contribution in [0.5, 0.6) is 0 Å². The molecule has 0 atom stereocenters. The van der Waals surface area contributed by atoms with Crippen molar-refractivity contribution in [2.75, 3.05) is 13.1 Å². The predicted molar refractivity (Wildman–Crippen MR) is 114 cm³/mol. The molecule has 166 valence electrons. The third-order valence-electron chi connectivity index (χ3n) is 5.10. The highest BCUT2D eigenvalue weighted by atomic mass is 19.4. The van der Waals surface area contributed by atoms with Crippen LogP contribution in [0.25, 0.3) is 0 Å². The zero-order valence-electron chi connectivity index (χ0n) is 17.5. The Hall–Kier alpha value is -3.03. The lowest BCUT2D eigenvalue weighted by molar-refractivity contribution is -0.137. The molecule has 0 fully saturated rings. The number of alkyl halides is 3. The molecule has 0 spiro atoms. The Bertz CT molecular complexity index is 885. The van der Waals surface area contributed by atoms with Gasteiger partial charge in [0.25, 0.3) is 0 Å². The molecule has 0 aromatic heterocycles. The number of halogens is 3. The first-order chi connectivity index (χ1) is 14.9. The van der Waals surface area contributed by atoms with Gasteiger partial charge in [0.2, 0.25) is 5.91 Å². The molecule has 5 nitrogen and oxygen atoms in total. The number of benzene rings is 2. The summed E-state index contributed by atoms with van der Waals surface area (Å²) < 4.78 is 38.0. The minimum Gasteiger partial charge on any atom is -0.357 e. The van der Waals surface area contributed by atoms with Crippen molar-refractivity contribution in [1.29, 1.82) is 0 Å². The van der Waals surface area contributed by atoms with Gasteiger partial charge in [0.05, 0.1) is 12.1 Å². The second-order valence-corrected chi connectivity index (χ2v) is 7.44. The molecule has 31 heavy (non-hydrogen) atoms. The van der Waals surface area contributed by atoms with Crippen molar-refractivity contribution in [2.24, 2.45) is 4.99 Å². The number of nitrogens with one attached hydrogen (secondary N) is 2. The lowest BCUT2D eigenvalue weighted by atomic mass is 10.1. The highest BCUT2D eigenvalue weighted by molar-refractivity contribution is 5.80. The van der Waals surface area contributed by atoms with Crippen LogP contribution < -0.4 is 10.6 Å². The number of carbonyl (C=O) groups is 1. The van der Waals surface area contributed by atoms with Gasteiger partial charge in [-0.05, 0) is 42.2 Å². The molecule has 8 heteroatoms. The van der Waals surface area contributed by atoms with E-state index in [-0.39, 0.29) is 12.5 Å². The summed E-state index contributed by atoms with van der Waals surface area (Å²) >= 11 is 0. The average molecular weight is 432 g/mol. The number of hydrogen-bond donors (Lipinski definition) is 2.